The van der Waals surface area contributed by atoms with Crippen LogP contribution < -0.4 is 5.32 Å². The van der Waals surface area contributed by atoms with Crippen molar-refractivity contribution in [3.8, 4) is 5.69 Å². The SMILES string of the molecule is CC(C)COC(=O)NCc1cn(-c2cccnc2)nn1. The van der Waals surface area contributed by atoms with Crippen molar-refractivity contribution >= 4 is 6.09 Å². The van der Waals surface area contributed by atoms with Gasteiger partial charge in [0.15, 0.2) is 0 Å². The lowest BCUT2D eigenvalue weighted by Gasteiger charge is -2.07. The summed E-state index contributed by atoms with van der Waals surface area (Å²) in [5.74, 6) is 0.312. The minimum Gasteiger partial charge on any atom is -0.449 e. The lowest BCUT2D eigenvalue weighted by molar-refractivity contribution is 0.132. The van der Waals surface area contributed by atoms with Crippen LogP contribution in [-0.2, 0) is 11.3 Å². The highest BCUT2D eigenvalue weighted by Gasteiger charge is 2.06. The van der Waals surface area contributed by atoms with E-state index in [1.165, 1.54) is 0 Å². The zero-order valence-corrected chi connectivity index (χ0v) is 11.5. The quantitative estimate of drug-likeness (QED) is 0.895. The first-order valence-corrected chi connectivity index (χ1v) is 6.37. The number of amides is 1. The molecule has 0 aromatic carbocycles. The molecular weight excluding hydrogens is 258 g/mol. The van der Waals surface area contributed by atoms with Crippen molar-refractivity contribution in [2.75, 3.05) is 6.61 Å². The number of pyridine rings is 1. The van der Waals surface area contributed by atoms with Crippen LogP contribution in [0.1, 0.15) is 19.5 Å². The Kier molecular flexibility index (Phi) is 4.65. The number of aromatic nitrogens is 4. The fraction of sp³-hybridized carbons (Fsp3) is 0.385. The number of nitrogens with one attached hydrogen (secondary N) is 1. The topological polar surface area (TPSA) is 81.9 Å². The first-order chi connectivity index (χ1) is 9.65. The van der Waals surface area contributed by atoms with E-state index in [1.807, 2.05) is 26.0 Å². The molecule has 2 aromatic rings. The summed E-state index contributed by atoms with van der Waals surface area (Å²) in [4.78, 5) is 15.4. The minimum absolute atomic E-state index is 0.275. The number of ether oxygens (including phenoxy) is 1. The number of carbonyl (C=O) groups is 1. The molecule has 1 N–H and O–H groups in total. The summed E-state index contributed by atoms with van der Waals surface area (Å²) >= 11 is 0. The van der Waals surface area contributed by atoms with Crippen molar-refractivity contribution in [2.24, 2.45) is 5.92 Å². The largest absolute Gasteiger partial charge is 0.449 e. The van der Waals surface area contributed by atoms with E-state index in [9.17, 15) is 4.79 Å². The molecule has 0 unspecified atom stereocenters. The Morgan fingerprint density at radius 3 is 3.05 bits per heavy atom. The van der Waals surface area contributed by atoms with Crippen LogP contribution in [0.15, 0.2) is 30.7 Å². The third-order valence-corrected chi connectivity index (χ3v) is 2.41. The highest BCUT2D eigenvalue weighted by atomic mass is 16.5. The van der Waals surface area contributed by atoms with Gasteiger partial charge in [-0.15, -0.1) is 5.10 Å². The van der Waals surface area contributed by atoms with Gasteiger partial charge >= 0.3 is 6.09 Å². The van der Waals surface area contributed by atoms with Crippen LogP contribution in [0, 0.1) is 5.92 Å². The lowest BCUT2D eigenvalue weighted by atomic mass is 10.2. The summed E-state index contributed by atoms with van der Waals surface area (Å²) in [6.45, 7) is 4.63. The molecule has 7 nitrogen and oxygen atoms in total. The second-order valence-electron chi connectivity index (χ2n) is 4.71. The van der Waals surface area contributed by atoms with Gasteiger partial charge in [0.05, 0.1) is 31.2 Å². The minimum atomic E-state index is -0.449. The van der Waals surface area contributed by atoms with Gasteiger partial charge in [-0.25, -0.2) is 9.48 Å². The fourth-order valence-corrected chi connectivity index (χ4v) is 1.45. The van der Waals surface area contributed by atoms with Gasteiger partial charge in [0, 0.05) is 6.20 Å². The van der Waals surface area contributed by atoms with Gasteiger partial charge in [0.1, 0.15) is 5.69 Å². The number of hydrogen-bond acceptors (Lipinski definition) is 5. The van der Waals surface area contributed by atoms with Crippen LogP contribution in [-0.4, -0.2) is 32.7 Å². The molecule has 0 saturated carbocycles. The Morgan fingerprint density at radius 2 is 2.35 bits per heavy atom. The van der Waals surface area contributed by atoms with Crippen molar-refractivity contribution in [1.82, 2.24) is 25.3 Å². The maximum absolute atomic E-state index is 11.4. The summed E-state index contributed by atoms with van der Waals surface area (Å²) < 4.78 is 6.60. The van der Waals surface area contributed by atoms with E-state index in [0.717, 1.165) is 5.69 Å². The molecule has 7 heteroatoms. The van der Waals surface area contributed by atoms with Gasteiger partial charge in [-0.1, -0.05) is 19.1 Å². The van der Waals surface area contributed by atoms with Crippen LogP contribution in [0.4, 0.5) is 4.79 Å². The van der Waals surface area contributed by atoms with E-state index in [-0.39, 0.29) is 6.54 Å². The summed E-state index contributed by atoms with van der Waals surface area (Å²) in [5.41, 5.74) is 1.46. The zero-order valence-electron chi connectivity index (χ0n) is 11.5. The lowest BCUT2D eigenvalue weighted by Crippen LogP contribution is -2.25. The number of carbonyl (C=O) groups excluding carboxylic acids is 1. The van der Waals surface area contributed by atoms with E-state index in [0.29, 0.717) is 18.2 Å². The van der Waals surface area contributed by atoms with E-state index < -0.39 is 6.09 Å². The first kappa shape index (κ1) is 14.0. The molecule has 0 fully saturated rings. The Hall–Kier alpha value is -2.44. The monoisotopic (exact) mass is 275 g/mol. The maximum Gasteiger partial charge on any atom is 0.407 e. The molecule has 2 heterocycles. The molecular formula is C13H17N5O2. The molecule has 1 amide bonds. The van der Waals surface area contributed by atoms with Crippen LogP contribution in [0.5, 0.6) is 0 Å². The first-order valence-electron chi connectivity index (χ1n) is 6.37. The smallest absolute Gasteiger partial charge is 0.407 e. The van der Waals surface area contributed by atoms with Crippen molar-refractivity contribution in [1.29, 1.82) is 0 Å². The molecule has 0 bridgehead atoms. The van der Waals surface area contributed by atoms with Crippen LogP contribution in [0.3, 0.4) is 0 Å². The van der Waals surface area contributed by atoms with E-state index in [2.05, 4.69) is 20.6 Å². The summed E-state index contributed by atoms with van der Waals surface area (Å²) in [6.07, 6.45) is 4.66. The maximum atomic E-state index is 11.4. The fourth-order valence-electron chi connectivity index (χ4n) is 1.45. The third kappa shape index (κ3) is 4.04. The normalized spacial score (nSPS) is 10.6. The predicted molar refractivity (Wildman–Crippen MR) is 72.2 cm³/mol. The number of nitrogens with zero attached hydrogens (tertiary/aromatic N) is 4. The summed E-state index contributed by atoms with van der Waals surface area (Å²) in [6, 6.07) is 3.69. The molecule has 0 spiro atoms. The van der Waals surface area contributed by atoms with Crippen LogP contribution in [0.2, 0.25) is 0 Å². The van der Waals surface area contributed by atoms with Gasteiger partial charge < -0.3 is 10.1 Å². The van der Waals surface area contributed by atoms with Gasteiger partial charge in [-0.3, -0.25) is 4.98 Å². The number of rotatable bonds is 5. The Bertz CT molecular complexity index is 553. The highest BCUT2D eigenvalue weighted by molar-refractivity contribution is 5.67. The van der Waals surface area contributed by atoms with Crippen LogP contribution >= 0.6 is 0 Å². The summed E-state index contributed by atoms with van der Waals surface area (Å²) in [7, 11) is 0. The second kappa shape index (κ2) is 6.65. The molecule has 20 heavy (non-hydrogen) atoms. The van der Waals surface area contributed by atoms with Crippen molar-refractivity contribution in [3.63, 3.8) is 0 Å². The Balaban J connectivity index is 1.86. The molecule has 2 aromatic heterocycles. The molecule has 0 aliphatic rings. The average molecular weight is 275 g/mol. The molecule has 106 valence electrons. The highest BCUT2D eigenvalue weighted by Crippen LogP contribution is 2.04. The Labute approximate surface area is 117 Å². The van der Waals surface area contributed by atoms with Crippen molar-refractivity contribution in [3.05, 3.63) is 36.4 Å². The van der Waals surface area contributed by atoms with Crippen molar-refractivity contribution in [2.45, 2.75) is 20.4 Å². The second-order valence-corrected chi connectivity index (χ2v) is 4.71. The Morgan fingerprint density at radius 1 is 1.50 bits per heavy atom. The number of alkyl carbamates (subject to hydrolysis) is 1. The van der Waals surface area contributed by atoms with Gasteiger partial charge in [0.2, 0.25) is 0 Å². The van der Waals surface area contributed by atoms with Gasteiger partial charge in [0.25, 0.3) is 0 Å². The van der Waals surface area contributed by atoms with Crippen molar-refractivity contribution < 1.29 is 9.53 Å². The van der Waals surface area contributed by atoms with E-state index in [1.54, 1.807) is 23.3 Å². The average Bonchev–Trinajstić information content (AvgIpc) is 2.93. The molecule has 0 atom stereocenters. The molecule has 0 saturated heterocycles. The van der Waals surface area contributed by atoms with E-state index in [4.69, 9.17) is 4.74 Å². The number of hydrogen-bond donors (Lipinski definition) is 1. The van der Waals surface area contributed by atoms with Gasteiger partial charge in [-0.2, -0.15) is 0 Å². The molecule has 0 aliphatic carbocycles. The molecule has 0 aliphatic heterocycles. The van der Waals surface area contributed by atoms with Crippen LogP contribution in [0.25, 0.3) is 5.69 Å². The van der Waals surface area contributed by atoms with E-state index >= 15 is 0 Å². The predicted octanol–water partition coefficient (Wildman–Crippen LogP) is 1.54. The molecule has 0 radical (unpaired) electrons. The summed E-state index contributed by atoms with van der Waals surface area (Å²) in [5, 5.41) is 10.6. The molecule has 2 rings (SSSR count). The van der Waals surface area contributed by atoms with Gasteiger partial charge in [-0.05, 0) is 18.1 Å². The third-order valence-electron chi connectivity index (χ3n) is 2.41. The zero-order chi connectivity index (χ0) is 14.4. The standard InChI is InChI=1S/C13H17N5O2/c1-10(2)9-20-13(19)15-6-11-8-18(17-16-11)12-4-3-5-14-7-12/h3-5,7-8,10H,6,9H2,1-2H3,(H,15,19).